The second-order valence-corrected chi connectivity index (χ2v) is 6.29. The van der Waals surface area contributed by atoms with Crippen molar-refractivity contribution >= 4 is 5.91 Å². The average molecular weight is 304 g/mol. The van der Waals surface area contributed by atoms with Crippen molar-refractivity contribution in [3.05, 3.63) is 23.8 Å². The zero-order valence-corrected chi connectivity index (χ0v) is 13.4. The molecule has 1 atom stereocenters. The highest BCUT2D eigenvalue weighted by Gasteiger charge is 2.24. The van der Waals surface area contributed by atoms with E-state index in [-0.39, 0.29) is 5.91 Å². The fourth-order valence-corrected chi connectivity index (χ4v) is 3.20. The molecule has 1 saturated heterocycles. The second-order valence-electron chi connectivity index (χ2n) is 6.29. The third-order valence-corrected chi connectivity index (χ3v) is 4.42. The molecule has 5 heteroatoms. The van der Waals surface area contributed by atoms with Gasteiger partial charge in [-0.3, -0.25) is 9.69 Å². The Labute approximate surface area is 131 Å². The minimum absolute atomic E-state index is 0.232. The summed E-state index contributed by atoms with van der Waals surface area (Å²) in [5.74, 6) is 1.82. The van der Waals surface area contributed by atoms with E-state index in [1.165, 1.54) is 6.42 Å². The first kappa shape index (κ1) is 15.2. The molecular weight excluding hydrogens is 280 g/mol. The maximum atomic E-state index is 12.4. The lowest BCUT2D eigenvalue weighted by atomic mass is 10.0. The standard InChI is InChI=1S/C17H24N2O3/c1-13-5-3-4-8-19(13)17(20)11-18(2)10-14-6-7-15-16(9-14)22-12-21-15/h6-7,9,13H,3-5,8,10-12H2,1-2H3. The largest absolute Gasteiger partial charge is 0.454 e. The molecule has 0 saturated carbocycles. The van der Waals surface area contributed by atoms with Gasteiger partial charge in [-0.15, -0.1) is 0 Å². The lowest BCUT2D eigenvalue weighted by Crippen LogP contribution is -2.46. The monoisotopic (exact) mass is 304 g/mol. The quantitative estimate of drug-likeness (QED) is 0.855. The number of amides is 1. The Morgan fingerprint density at radius 2 is 2.14 bits per heavy atom. The second kappa shape index (κ2) is 6.57. The molecule has 0 radical (unpaired) electrons. The predicted molar refractivity (Wildman–Crippen MR) is 83.9 cm³/mol. The summed E-state index contributed by atoms with van der Waals surface area (Å²) in [5, 5.41) is 0. The van der Waals surface area contributed by atoms with Gasteiger partial charge in [0.05, 0.1) is 6.54 Å². The van der Waals surface area contributed by atoms with Crippen LogP contribution in [0.2, 0.25) is 0 Å². The van der Waals surface area contributed by atoms with E-state index in [4.69, 9.17) is 9.47 Å². The molecule has 5 nitrogen and oxygen atoms in total. The van der Waals surface area contributed by atoms with Crippen LogP contribution in [-0.2, 0) is 11.3 Å². The number of hydrogen-bond acceptors (Lipinski definition) is 4. The molecule has 1 aromatic carbocycles. The molecule has 3 rings (SSSR count). The van der Waals surface area contributed by atoms with Crippen LogP contribution in [0.4, 0.5) is 0 Å². The van der Waals surface area contributed by atoms with E-state index in [9.17, 15) is 4.79 Å². The van der Waals surface area contributed by atoms with E-state index >= 15 is 0 Å². The van der Waals surface area contributed by atoms with Gasteiger partial charge in [0.2, 0.25) is 12.7 Å². The highest BCUT2D eigenvalue weighted by molar-refractivity contribution is 5.78. The van der Waals surface area contributed by atoms with Crippen LogP contribution in [0, 0.1) is 0 Å². The Morgan fingerprint density at radius 3 is 2.95 bits per heavy atom. The Morgan fingerprint density at radius 1 is 1.32 bits per heavy atom. The van der Waals surface area contributed by atoms with E-state index in [1.807, 2.05) is 30.1 Å². The maximum absolute atomic E-state index is 12.4. The van der Waals surface area contributed by atoms with Gasteiger partial charge in [-0.1, -0.05) is 6.07 Å². The first-order valence-electron chi connectivity index (χ1n) is 8.00. The summed E-state index contributed by atoms with van der Waals surface area (Å²) in [6.45, 7) is 4.52. The molecule has 0 aromatic heterocycles. The number of rotatable bonds is 4. The molecule has 0 N–H and O–H groups in total. The van der Waals surface area contributed by atoms with E-state index < -0.39 is 0 Å². The summed E-state index contributed by atoms with van der Waals surface area (Å²) in [6.07, 6.45) is 3.48. The van der Waals surface area contributed by atoms with Crippen molar-refractivity contribution < 1.29 is 14.3 Å². The topological polar surface area (TPSA) is 42.0 Å². The van der Waals surface area contributed by atoms with Crippen LogP contribution in [0.25, 0.3) is 0 Å². The van der Waals surface area contributed by atoms with Crippen LogP contribution in [0.15, 0.2) is 18.2 Å². The summed E-state index contributed by atoms with van der Waals surface area (Å²) in [5.41, 5.74) is 1.13. The van der Waals surface area contributed by atoms with Gasteiger partial charge in [0.25, 0.3) is 0 Å². The summed E-state index contributed by atoms with van der Waals surface area (Å²) >= 11 is 0. The molecule has 2 heterocycles. The number of benzene rings is 1. The molecule has 1 amide bonds. The highest BCUT2D eigenvalue weighted by Crippen LogP contribution is 2.32. The Balaban J connectivity index is 1.55. The predicted octanol–water partition coefficient (Wildman–Crippen LogP) is 2.25. The minimum Gasteiger partial charge on any atom is -0.454 e. The third kappa shape index (κ3) is 3.35. The number of nitrogens with zero attached hydrogens (tertiary/aromatic N) is 2. The van der Waals surface area contributed by atoms with Crippen molar-refractivity contribution in [1.29, 1.82) is 0 Å². The molecule has 120 valence electrons. The van der Waals surface area contributed by atoms with Crippen molar-refractivity contribution in [3.63, 3.8) is 0 Å². The van der Waals surface area contributed by atoms with Crippen molar-refractivity contribution in [2.24, 2.45) is 0 Å². The van der Waals surface area contributed by atoms with Crippen LogP contribution in [0.1, 0.15) is 31.7 Å². The van der Waals surface area contributed by atoms with Gasteiger partial charge < -0.3 is 14.4 Å². The van der Waals surface area contributed by atoms with Gasteiger partial charge in [-0.2, -0.15) is 0 Å². The fourth-order valence-electron chi connectivity index (χ4n) is 3.20. The van der Waals surface area contributed by atoms with Crippen molar-refractivity contribution in [1.82, 2.24) is 9.80 Å². The number of hydrogen-bond donors (Lipinski definition) is 0. The third-order valence-electron chi connectivity index (χ3n) is 4.42. The Hall–Kier alpha value is -1.75. The lowest BCUT2D eigenvalue weighted by Gasteiger charge is -2.34. The van der Waals surface area contributed by atoms with E-state index in [2.05, 4.69) is 11.8 Å². The molecule has 0 spiro atoms. The Bertz CT molecular complexity index is 547. The zero-order valence-electron chi connectivity index (χ0n) is 13.4. The zero-order chi connectivity index (χ0) is 15.5. The first-order valence-corrected chi connectivity index (χ1v) is 8.00. The normalized spacial score (nSPS) is 20.5. The van der Waals surface area contributed by atoms with Crippen LogP contribution in [0.3, 0.4) is 0 Å². The van der Waals surface area contributed by atoms with Crippen LogP contribution < -0.4 is 9.47 Å². The number of carbonyl (C=O) groups excluding carboxylic acids is 1. The van der Waals surface area contributed by atoms with Crippen LogP contribution in [-0.4, -0.2) is 48.7 Å². The van der Waals surface area contributed by atoms with Gasteiger partial charge >= 0.3 is 0 Å². The number of fused-ring (bicyclic) bond motifs is 1. The lowest BCUT2D eigenvalue weighted by molar-refractivity contribution is -0.135. The van der Waals surface area contributed by atoms with Crippen LogP contribution in [0.5, 0.6) is 11.5 Å². The van der Waals surface area contributed by atoms with Crippen molar-refractivity contribution in [2.45, 2.75) is 38.8 Å². The maximum Gasteiger partial charge on any atom is 0.236 e. The molecule has 1 aromatic rings. The number of likely N-dealkylation sites (N-methyl/N-ethyl adjacent to an activating group) is 1. The molecule has 2 aliphatic rings. The number of ether oxygens (including phenoxy) is 2. The van der Waals surface area contributed by atoms with Gasteiger partial charge in [-0.05, 0) is 50.9 Å². The van der Waals surface area contributed by atoms with Crippen molar-refractivity contribution in [2.75, 3.05) is 26.9 Å². The van der Waals surface area contributed by atoms with Gasteiger partial charge in [0.1, 0.15) is 0 Å². The molecule has 1 fully saturated rings. The SMILES string of the molecule is CC1CCCCN1C(=O)CN(C)Cc1ccc2c(c1)OCO2. The van der Waals surface area contributed by atoms with Crippen LogP contribution >= 0.6 is 0 Å². The smallest absolute Gasteiger partial charge is 0.236 e. The first-order chi connectivity index (χ1) is 10.6. The summed E-state index contributed by atoms with van der Waals surface area (Å²) < 4.78 is 10.7. The molecule has 0 bridgehead atoms. The summed E-state index contributed by atoms with van der Waals surface area (Å²) in [4.78, 5) is 16.5. The number of piperidine rings is 1. The summed E-state index contributed by atoms with van der Waals surface area (Å²) in [6, 6.07) is 6.32. The van der Waals surface area contributed by atoms with Crippen molar-refractivity contribution in [3.8, 4) is 11.5 Å². The van der Waals surface area contributed by atoms with E-state index in [0.717, 1.165) is 43.0 Å². The number of likely N-dealkylation sites (tertiary alicyclic amines) is 1. The van der Waals surface area contributed by atoms with E-state index in [0.29, 0.717) is 19.4 Å². The molecule has 1 unspecified atom stereocenters. The van der Waals surface area contributed by atoms with Gasteiger partial charge in [0.15, 0.2) is 11.5 Å². The molecular formula is C17H24N2O3. The number of carbonyl (C=O) groups is 1. The highest BCUT2D eigenvalue weighted by atomic mass is 16.7. The molecule has 0 aliphatic carbocycles. The molecule has 2 aliphatic heterocycles. The van der Waals surface area contributed by atoms with Gasteiger partial charge in [-0.25, -0.2) is 0 Å². The summed E-state index contributed by atoms with van der Waals surface area (Å²) in [7, 11) is 1.98. The van der Waals surface area contributed by atoms with Gasteiger partial charge in [0, 0.05) is 19.1 Å². The molecule has 22 heavy (non-hydrogen) atoms. The Kier molecular flexibility index (Phi) is 4.52. The fraction of sp³-hybridized carbons (Fsp3) is 0.588. The average Bonchev–Trinajstić information content (AvgIpc) is 2.95. The minimum atomic E-state index is 0.232. The van der Waals surface area contributed by atoms with E-state index in [1.54, 1.807) is 0 Å².